The Hall–Kier alpha value is -3.80. The standard InChI is InChI=1S/C28H36N6O3/c1-6-36-23-14-24(26-22(15-29)17-31-34(26)19-23)21-9-10-25(30-16-21)32(5)13-11-20-8-7-12-33(18-20)27(35)37-28(2,3)4/h9-10,14,16-17,19-20H,6-8,11-13,18H2,1-5H3/t20-/m1/s1. The number of carbonyl (C=O) groups excluding carboxylic acids is 1. The summed E-state index contributed by atoms with van der Waals surface area (Å²) in [6.07, 6.45) is 8.04. The van der Waals surface area contributed by atoms with Crippen molar-refractivity contribution in [3.8, 4) is 22.9 Å². The van der Waals surface area contributed by atoms with Crippen molar-refractivity contribution in [2.75, 3.05) is 38.2 Å². The molecule has 9 heteroatoms. The van der Waals surface area contributed by atoms with Gasteiger partial charge in [-0.2, -0.15) is 10.4 Å². The van der Waals surface area contributed by atoms with Crippen LogP contribution in [0.4, 0.5) is 10.6 Å². The van der Waals surface area contributed by atoms with E-state index in [0.717, 1.165) is 61.4 Å². The summed E-state index contributed by atoms with van der Waals surface area (Å²) in [5.41, 5.74) is 2.51. The fourth-order valence-corrected chi connectivity index (χ4v) is 4.70. The number of carbonyl (C=O) groups is 1. The number of nitriles is 1. The van der Waals surface area contributed by atoms with Crippen LogP contribution in [-0.2, 0) is 4.74 Å². The van der Waals surface area contributed by atoms with E-state index >= 15 is 0 Å². The molecule has 1 atom stereocenters. The van der Waals surface area contributed by atoms with Crippen molar-refractivity contribution in [1.29, 1.82) is 5.26 Å². The SMILES string of the molecule is CCOc1cc(-c2ccc(N(C)CC[C@H]3CCCN(C(=O)OC(C)(C)C)C3)nc2)c2c(C#N)cnn2c1. The van der Waals surface area contributed by atoms with Crippen molar-refractivity contribution >= 4 is 17.4 Å². The van der Waals surface area contributed by atoms with Crippen molar-refractivity contribution < 1.29 is 14.3 Å². The molecule has 3 aromatic heterocycles. The average molecular weight is 505 g/mol. The van der Waals surface area contributed by atoms with Crippen molar-refractivity contribution in [3.63, 3.8) is 0 Å². The number of amides is 1. The molecule has 1 fully saturated rings. The second-order valence-corrected chi connectivity index (χ2v) is 10.5. The highest BCUT2D eigenvalue weighted by Crippen LogP contribution is 2.31. The minimum Gasteiger partial charge on any atom is -0.492 e. The predicted molar refractivity (Wildman–Crippen MR) is 143 cm³/mol. The van der Waals surface area contributed by atoms with Crippen LogP contribution >= 0.6 is 0 Å². The maximum atomic E-state index is 12.5. The van der Waals surface area contributed by atoms with E-state index in [1.807, 2.05) is 64.0 Å². The summed E-state index contributed by atoms with van der Waals surface area (Å²) in [5.74, 6) is 1.99. The van der Waals surface area contributed by atoms with Gasteiger partial charge >= 0.3 is 6.09 Å². The molecule has 0 N–H and O–H groups in total. The largest absolute Gasteiger partial charge is 0.492 e. The minimum absolute atomic E-state index is 0.219. The number of pyridine rings is 2. The van der Waals surface area contributed by atoms with Crippen molar-refractivity contribution in [2.45, 2.75) is 52.6 Å². The number of piperidine rings is 1. The quantitative estimate of drug-likeness (QED) is 0.439. The topological polar surface area (TPSA) is 96.0 Å². The fraction of sp³-hybridized carbons (Fsp3) is 0.500. The lowest BCUT2D eigenvalue weighted by molar-refractivity contribution is 0.0163. The van der Waals surface area contributed by atoms with Gasteiger partial charge in [0.15, 0.2) is 0 Å². The van der Waals surface area contributed by atoms with Crippen LogP contribution in [0.1, 0.15) is 52.5 Å². The zero-order chi connectivity index (χ0) is 26.6. The smallest absolute Gasteiger partial charge is 0.410 e. The first-order valence-corrected chi connectivity index (χ1v) is 12.9. The van der Waals surface area contributed by atoms with Crippen LogP contribution in [0.2, 0.25) is 0 Å². The second-order valence-electron chi connectivity index (χ2n) is 10.5. The highest BCUT2D eigenvalue weighted by atomic mass is 16.6. The van der Waals surface area contributed by atoms with E-state index in [4.69, 9.17) is 14.5 Å². The fourth-order valence-electron chi connectivity index (χ4n) is 4.70. The van der Waals surface area contributed by atoms with Crippen LogP contribution < -0.4 is 9.64 Å². The molecule has 4 heterocycles. The van der Waals surface area contributed by atoms with E-state index in [-0.39, 0.29) is 6.09 Å². The molecule has 0 unspecified atom stereocenters. The molecule has 0 bridgehead atoms. The molecule has 37 heavy (non-hydrogen) atoms. The molecule has 4 rings (SSSR count). The zero-order valence-electron chi connectivity index (χ0n) is 22.4. The maximum absolute atomic E-state index is 12.5. The Morgan fingerprint density at radius 2 is 2.11 bits per heavy atom. The molecule has 0 radical (unpaired) electrons. The lowest BCUT2D eigenvalue weighted by atomic mass is 9.95. The van der Waals surface area contributed by atoms with Crippen molar-refractivity contribution in [1.82, 2.24) is 19.5 Å². The molecule has 0 spiro atoms. The number of aromatic nitrogens is 3. The van der Waals surface area contributed by atoms with Gasteiger partial charge in [0, 0.05) is 44.0 Å². The number of likely N-dealkylation sites (tertiary alicyclic amines) is 1. The third kappa shape index (κ3) is 6.31. The summed E-state index contributed by atoms with van der Waals surface area (Å²) in [4.78, 5) is 21.2. The van der Waals surface area contributed by atoms with Gasteiger partial charge in [-0.15, -0.1) is 0 Å². The predicted octanol–water partition coefficient (Wildman–Crippen LogP) is 5.14. The lowest BCUT2D eigenvalue weighted by Crippen LogP contribution is -2.43. The molecular formula is C28H36N6O3. The van der Waals surface area contributed by atoms with Gasteiger partial charge in [-0.3, -0.25) is 0 Å². The Morgan fingerprint density at radius 3 is 2.78 bits per heavy atom. The molecule has 0 aliphatic carbocycles. The Balaban J connectivity index is 1.43. The summed E-state index contributed by atoms with van der Waals surface area (Å²) >= 11 is 0. The number of hydrogen-bond acceptors (Lipinski definition) is 7. The number of nitrogens with zero attached hydrogens (tertiary/aromatic N) is 6. The van der Waals surface area contributed by atoms with Crippen LogP contribution in [0.5, 0.6) is 5.75 Å². The van der Waals surface area contributed by atoms with Crippen LogP contribution in [-0.4, -0.2) is 64.5 Å². The Labute approximate surface area is 218 Å². The van der Waals surface area contributed by atoms with Gasteiger partial charge in [0.05, 0.1) is 30.1 Å². The number of rotatable bonds is 7. The van der Waals surface area contributed by atoms with Gasteiger partial charge < -0.3 is 19.3 Å². The molecule has 9 nitrogen and oxygen atoms in total. The number of anilines is 1. The van der Waals surface area contributed by atoms with Gasteiger partial charge in [-0.25, -0.2) is 14.3 Å². The highest BCUT2D eigenvalue weighted by molar-refractivity contribution is 5.85. The zero-order valence-corrected chi connectivity index (χ0v) is 22.4. The molecule has 196 valence electrons. The number of hydrogen-bond donors (Lipinski definition) is 0. The molecule has 1 amide bonds. The highest BCUT2D eigenvalue weighted by Gasteiger charge is 2.27. The van der Waals surface area contributed by atoms with E-state index in [2.05, 4.69) is 16.1 Å². The first-order chi connectivity index (χ1) is 17.7. The summed E-state index contributed by atoms with van der Waals surface area (Å²) < 4.78 is 13.0. The Morgan fingerprint density at radius 1 is 1.30 bits per heavy atom. The molecule has 3 aromatic rings. The first kappa shape index (κ1) is 26.3. The summed E-state index contributed by atoms with van der Waals surface area (Å²) in [7, 11) is 2.04. The normalized spacial score (nSPS) is 15.9. The summed E-state index contributed by atoms with van der Waals surface area (Å²) in [5, 5.41) is 13.9. The lowest BCUT2D eigenvalue weighted by Gasteiger charge is -2.34. The molecule has 1 aliphatic heterocycles. The molecule has 0 aromatic carbocycles. The third-order valence-corrected chi connectivity index (χ3v) is 6.51. The second kappa shape index (κ2) is 11.1. The van der Waals surface area contributed by atoms with Crippen molar-refractivity contribution in [2.24, 2.45) is 5.92 Å². The van der Waals surface area contributed by atoms with Crippen LogP contribution in [0.15, 0.2) is 36.8 Å². The Kier molecular flexibility index (Phi) is 7.86. The molecule has 1 aliphatic rings. The maximum Gasteiger partial charge on any atom is 0.410 e. The van der Waals surface area contributed by atoms with Crippen molar-refractivity contribution in [3.05, 3.63) is 42.4 Å². The van der Waals surface area contributed by atoms with Crippen LogP contribution in [0.25, 0.3) is 16.6 Å². The van der Waals surface area contributed by atoms with Gasteiger partial charge in [-0.05, 0) is 71.1 Å². The van der Waals surface area contributed by atoms with Gasteiger partial charge in [0.2, 0.25) is 0 Å². The van der Waals surface area contributed by atoms with Gasteiger partial charge in [0.1, 0.15) is 23.2 Å². The van der Waals surface area contributed by atoms with E-state index < -0.39 is 5.60 Å². The van der Waals surface area contributed by atoms with E-state index in [1.165, 1.54) is 0 Å². The van der Waals surface area contributed by atoms with E-state index in [1.54, 1.807) is 16.9 Å². The molecule has 0 saturated carbocycles. The first-order valence-electron chi connectivity index (χ1n) is 12.9. The minimum atomic E-state index is -0.480. The molecular weight excluding hydrogens is 468 g/mol. The van der Waals surface area contributed by atoms with Gasteiger partial charge in [0.25, 0.3) is 0 Å². The van der Waals surface area contributed by atoms with E-state index in [9.17, 15) is 10.1 Å². The number of ether oxygens (including phenoxy) is 2. The molecule has 1 saturated heterocycles. The summed E-state index contributed by atoms with van der Waals surface area (Å²) in [6, 6.07) is 8.17. The Bertz CT molecular complexity index is 1270. The van der Waals surface area contributed by atoms with Gasteiger partial charge in [-0.1, -0.05) is 0 Å². The van der Waals surface area contributed by atoms with E-state index in [0.29, 0.717) is 23.8 Å². The van der Waals surface area contributed by atoms with Crippen LogP contribution in [0, 0.1) is 17.2 Å². The number of fused-ring (bicyclic) bond motifs is 1. The summed E-state index contributed by atoms with van der Waals surface area (Å²) in [6.45, 7) is 10.5. The third-order valence-electron chi connectivity index (χ3n) is 6.51. The van der Waals surface area contributed by atoms with Crippen LogP contribution in [0.3, 0.4) is 0 Å². The average Bonchev–Trinajstić information content (AvgIpc) is 3.29. The monoisotopic (exact) mass is 504 g/mol.